The zero-order chi connectivity index (χ0) is 13.1. The minimum Gasteiger partial charge on any atom is -0.437 e. The van der Waals surface area contributed by atoms with Gasteiger partial charge in [0.2, 0.25) is 5.88 Å². The largest absolute Gasteiger partial charge is 0.437 e. The fraction of sp³-hybridized carbons (Fsp3) is 0.154. The van der Waals surface area contributed by atoms with Crippen LogP contribution in [0.4, 0.5) is 0 Å². The third-order valence-electron chi connectivity index (χ3n) is 2.67. The van der Waals surface area contributed by atoms with E-state index in [-0.39, 0.29) is 11.7 Å². The number of hydrogen-bond donors (Lipinski definition) is 2. The van der Waals surface area contributed by atoms with Gasteiger partial charge in [0.25, 0.3) is 0 Å². The average Bonchev–Trinajstić information content (AvgIpc) is 2.34. The number of aromatic nitrogens is 2. The number of benzene rings is 1. The number of ether oxygens (including phenoxy) is 1. The highest BCUT2D eigenvalue weighted by Gasteiger charge is 2.09. The maximum absolute atomic E-state index is 7.45. The van der Waals surface area contributed by atoms with E-state index in [1.165, 1.54) is 11.8 Å². The molecule has 0 fully saturated rings. The first-order chi connectivity index (χ1) is 8.58. The highest BCUT2D eigenvalue weighted by Crippen LogP contribution is 2.24. The van der Waals surface area contributed by atoms with Crippen LogP contribution in [0.5, 0.6) is 11.6 Å². The first kappa shape index (κ1) is 12.0. The molecule has 5 nitrogen and oxygen atoms in total. The molecule has 92 valence electrons. The number of aryl methyl sites for hydroxylation is 2. The molecule has 0 amide bonds. The lowest BCUT2D eigenvalue weighted by molar-refractivity contribution is 0.453. The molecule has 0 aliphatic rings. The molecule has 0 saturated heterocycles. The van der Waals surface area contributed by atoms with E-state index in [9.17, 15) is 0 Å². The van der Waals surface area contributed by atoms with Gasteiger partial charge in [-0.3, -0.25) is 5.41 Å². The molecule has 2 rings (SSSR count). The normalized spacial score (nSPS) is 10.1. The number of nitrogens with two attached hydrogens (primary N) is 1. The van der Waals surface area contributed by atoms with Crippen LogP contribution in [0, 0.1) is 19.3 Å². The monoisotopic (exact) mass is 242 g/mol. The van der Waals surface area contributed by atoms with E-state index in [0.29, 0.717) is 11.3 Å². The van der Waals surface area contributed by atoms with Crippen molar-refractivity contribution in [2.45, 2.75) is 13.8 Å². The molecule has 0 saturated carbocycles. The van der Waals surface area contributed by atoms with E-state index in [2.05, 4.69) is 10.2 Å². The fourth-order valence-corrected chi connectivity index (χ4v) is 1.49. The summed E-state index contributed by atoms with van der Waals surface area (Å²) in [5, 5.41) is 15.0. The second-order valence-corrected chi connectivity index (χ2v) is 4.01. The Morgan fingerprint density at radius 2 is 2.00 bits per heavy atom. The topological polar surface area (TPSA) is 84.9 Å². The van der Waals surface area contributed by atoms with Crippen molar-refractivity contribution < 1.29 is 4.74 Å². The van der Waals surface area contributed by atoms with Gasteiger partial charge < -0.3 is 10.5 Å². The molecule has 1 heterocycles. The summed E-state index contributed by atoms with van der Waals surface area (Å²) in [6, 6.07) is 7.33. The lowest BCUT2D eigenvalue weighted by Gasteiger charge is -2.09. The molecule has 0 atom stereocenters. The van der Waals surface area contributed by atoms with Crippen molar-refractivity contribution in [3.63, 3.8) is 0 Å². The molecule has 0 aliphatic carbocycles. The molecular formula is C13H14N4O. The summed E-state index contributed by atoms with van der Waals surface area (Å²) in [5.74, 6) is 0.804. The van der Waals surface area contributed by atoms with Gasteiger partial charge in [-0.05, 0) is 43.2 Å². The van der Waals surface area contributed by atoms with E-state index < -0.39 is 0 Å². The van der Waals surface area contributed by atoms with Gasteiger partial charge in [-0.25, -0.2) is 0 Å². The summed E-state index contributed by atoms with van der Waals surface area (Å²) in [7, 11) is 0. The molecule has 0 aliphatic heterocycles. The van der Waals surface area contributed by atoms with E-state index in [4.69, 9.17) is 15.9 Å². The maximum Gasteiger partial charge on any atom is 0.249 e. The molecule has 0 spiro atoms. The van der Waals surface area contributed by atoms with Crippen LogP contribution in [-0.4, -0.2) is 16.0 Å². The Morgan fingerprint density at radius 1 is 1.22 bits per heavy atom. The number of amidine groups is 1. The number of nitrogens with one attached hydrogen (secondary N) is 1. The third-order valence-corrected chi connectivity index (χ3v) is 2.67. The van der Waals surface area contributed by atoms with Gasteiger partial charge in [0.15, 0.2) is 0 Å². The summed E-state index contributed by atoms with van der Waals surface area (Å²) in [6.45, 7) is 4.03. The quantitative estimate of drug-likeness (QED) is 0.638. The van der Waals surface area contributed by atoms with Crippen LogP contribution >= 0.6 is 0 Å². The molecule has 0 bridgehead atoms. The zero-order valence-corrected chi connectivity index (χ0v) is 10.3. The Morgan fingerprint density at radius 3 is 2.67 bits per heavy atom. The number of nitrogens with zero attached hydrogens (tertiary/aromatic N) is 2. The van der Waals surface area contributed by atoms with Gasteiger partial charge in [0, 0.05) is 0 Å². The molecule has 0 unspecified atom stereocenters. The van der Waals surface area contributed by atoms with E-state index in [1.54, 1.807) is 6.07 Å². The molecule has 1 aromatic carbocycles. The van der Waals surface area contributed by atoms with E-state index >= 15 is 0 Å². The average molecular weight is 242 g/mol. The maximum atomic E-state index is 7.45. The van der Waals surface area contributed by atoms with Gasteiger partial charge in [-0.15, -0.1) is 5.10 Å². The molecule has 3 N–H and O–H groups in total. The first-order valence-electron chi connectivity index (χ1n) is 5.49. The van der Waals surface area contributed by atoms with Crippen LogP contribution in [0.25, 0.3) is 0 Å². The van der Waals surface area contributed by atoms with Crippen molar-refractivity contribution in [1.82, 2.24) is 10.2 Å². The van der Waals surface area contributed by atoms with Crippen LogP contribution in [0.2, 0.25) is 0 Å². The van der Waals surface area contributed by atoms with Gasteiger partial charge in [0.1, 0.15) is 11.6 Å². The SMILES string of the molecule is Cc1ccc(Oc2nnccc2C(=N)N)cc1C. The minimum atomic E-state index is -0.0938. The fourth-order valence-electron chi connectivity index (χ4n) is 1.49. The lowest BCUT2D eigenvalue weighted by atomic mass is 10.1. The standard InChI is InChI=1S/C13H14N4O/c1-8-3-4-10(7-9(8)2)18-13-11(12(14)15)5-6-16-17-13/h3-7H,1-2H3,(H3,14,15). The van der Waals surface area contributed by atoms with Crippen molar-refractivity contribution in [2.75, 3.05) is 0 Å². The molecule has 0 radical (unpaired) electrons. The van der Waals surface area contributed by atoms with Crippen LogP contribution in [-0.2, 0) is 0 Å². The zero-order valence-electron chi connectivity index (χ0n) is 10.3. The molecule has 1 aromatic heterocycles. The number of nitrogen functional groups attached to an aromatic ring is 1. The highest BCUT2D eigenvalue weighted by molar-refractivity contribution is 5.96. The minimum absolute atomic E-state index is 0.0938. The van der Waals surface area contributed by atoms with Gasteiger partial charge in [-0.1, -0.05) is 6.07 Å². The predicted molar refractivity (Wildman–Crippen MR) is 69.0 cm³/mol. The van der Waals surface area contributed by atoms with Gasteiger partial charge >= 0.3 is 0 Å². The van der Waals surface area contributed by atoms with Gasteiger partial charge in [-0.2, -0.15) is 5.10 Å². The number of hydrogen-bond acceptors (Lipinski definition) is 4. The summed E-state index contributed by atoms with van der Waals surface area (Å²) < 4.78 is 5.61. The van der Waals surface area contributed by atoms with Gasteiger partial charge in [0.05, 0.1) is 11.8 Å². The first-order valence-corrected chi connectivity index (χ1v) is 5.49. The lowest BCUT2D eigenvalue weighted by Crippen LogP contribution is -2.13. The van der Waals surface area contributed by atoms with Crippen LogP contribution in [0.3, 0.4) is 0 Å². The van der Waals surface area contributed by atoms with Crippen molar-refractivity contribution >= 4 is 5.84 Å². The van der Waals surface area contributed by atoms with Crippen LogP contribution in [0.15, 0.2) is 30.5 Å². The van der Waals surface area contributed by atoms with Crippen molar-refractivity contribution in [3.05, 3.63) is 47.2 Å². The van der Waals surface area contributed by atoms with Crippen LogP contribution in [0.1, 0.15) is 16.7 Å². The van der Waals surface area contributed by atoms with Crippen molar-refractivity contribution in [3.8, 4) is 11.6 Å². The number of rotatable bonds is 3. The van der Waals surface area contributed by atoms with Crippen LogP contribution < -0.4 is 10.5 Å². The Bertz CT molecular complexity index is 595. The van der Waals surface area contributed by atoms with Crippen molar-refractivity contribution in [2.24, 2.45) is 5.73 Å². The highest BCUT2D eigenvalue weighted by atomic mass is 16.5. The van der Waals surface area contributed by atoms with E-state index in [1.807, 2.05) is 32.0 Å². The molecular weight excluding hydrogens is 228 g/mol. The Labute approximate surface area is 105 Å². The second kappa shape index (κ2) is 4.83. The Hall–Kier alpha value is -2.43. The Balaban J connectivity index is 2.34. The molecule has 2 aromatic rings. The second-order valence-electron chi connectivity index (χ2n) is 4.01. The summed E-state index contributed by atoms with van der Waals surface area (Å²) in [5.41, 5.74) is 8.21. The Kier molecular flexibility index (Phi) is 3.23. The van der Waals surface area contributed by atoms with Crippen molar-refractivity contribution in [1.29, 1.82) is 5.41 Å². The summed E-state index contributed by atoms with van der Waals surface area (Å²) in [4.78, 5) is 0. The summed E-state index contributed by atoms with van der Waals surface area (Å²) >= 11 is 0. The molecule has 5 heteroatoms. The molecule has 18 heavy (non-hydrogen) atoms. The third kappa shape index (κ3) is 2.45. The van der Waals surface area contributed by atoms with E-state index in [0.717, 1.165) is 5.56 Å². The predicted octanol–water partition coefficient (Wildman–Crippen LogP) is 2.17. The smallest absolute Gasteiger partial charge is 0.249 e. The summed E-state index contributed by atoms with van der Waals surface area (Å²) in [6.07, 6.45) is 1.48.